The van der Waals surface area contributed by atoms with Gasteiger partial charge in [0.25, 0.3) is 0 Å². The van der Waals surface area contributed by atoms with Crippen LogP contribution < -0.4 is 9.47 Å². The highest BCUT2D eigenvalue weighted by Gasteiger charge is 2.16. The molecule has 0 aliphatic rings. The molecule has 0 aliphatic carbocycles. The Morgan fingerprint density at radius 2 is 1.60 bits per heavy atom. The lowest BCUT2D eigenvalue weighted by Crippen LogP contribution is -2.26. The largest absolute Gasteiger partial charge is 0.479 e. The monoisotopic (exact) mass is 339 g/mol. The fraction of sp³-hybridized carbons (Fsp3) is 0.300. The summed E-state index contributed by atoms with van der Waals surface area (Å²) in [5, 5.41) is 8.78. The molecule has 0 aliphatic heterocycles. The lowest BCUT2D eigenvalue weighted by molar-refractivity contribution is -0.151. The number of hydrogen-bond donors (Lipinski definition) is 0. The molecule has 0 saturated carbocycles. The molecule has 0 aromatic heterocycles. The molecule has 0 saturated heterocycles. The van der Waals surface area contributed by atoms with Gasteiger partial charge < -0.3 is 14.2 Å². The van der Waals surface area contributed by atoms with Gasteiger partial charge in [0.1, 0.15) is 17.2 Å². The number of esters is 1. The molecule has 0 fully saturated rings. The first-order valence-corrected chi connectivity index (χ1v) is 8.23. The number of carbonyl (C=O) groups excluding carboxylic acids is 1. The Kier molecular flexibility index (Phi) is 6.85. The van der Waals surface area contributed by atoms with E-state index in [1.165, 1.54) is 0 Å². The van der Waals surface area contributed by atoms with E-state index in [-0.39, 0.29) is 5.97 Å². The van der Waals surface area contributed by atoms with Crippen LogP contribution in [0.3, 0.4) is 0 Å². The predicted molar refractivity (Wildman–Crippen MR) is 93.6 cm³/mol. The van der Waals surface area contributed by atoms with Crippen molar-refractivity contribution in [3.05, 3.63) is 54.1 Å². The Labute approximate surface area is 147 Å². The average Bonchev–Trinajstić information content (AvgIpc) is 2.64. The molecule has 130 valence electrons. The summed E-state index contributed by atoms with van der Waals surface area (Å²) < 4.78 is 16.4. The van der Waals surface area contributed by atoms with Crippen LogP contribution in [0.5, 0.6) is 17.2 Å². The standard InChI is InChI=1S/C20H21NO4/c1-3-4-13-23-20(22)15(2)24-17-9-11-19(12-10-17)25-18-7-5-16(14-21)6-8-18/h5-12,15H,3-4,13H2,1-2H3. The molecule has 0 N–H and O–H groups in total. The Hall–Kier alpha value is -3.00. The maximum absolute atomic E-state index is 11.8. The third-order valence-corrected chi connectivity index (χ3v) is 3.43. The van der Waals surface area contributed by atoms with E-state index >= 15 is 0 Å². The normalized spacial score (nSPS) is 11.2. The Balaban J connectivity index is 1.88. The molecule has 0 spiro atoms. The highest BCUT2D eigenvalue weighted by atomic mass is 16.6. The third-order valence-electron chi connectivity index (χ3n) is 3.43. The first-order valence-electron chi connectivity index (χ1n) is 8.23. The van der Waals surface area contributed by atoms with Crippen LogP contribution >= 0.6 is 0 Å². The van der Waals surface area contributed by atoms with Gasteiger partial charge in [0.2, 0.25) is 0 Å². The van der Waals surface area contributed by atoms with Gasteiger partial charge in [-0.25, -0.2) is 4.79 Å². The maximum atomic E-state index is 11.8. The van der Waals surface area contributed by atoms with E-state index in [1.807, 2.05) is 6.92 Å². The number of benzene rings is 2. The molecule has 0 radical (unpaired) electrons. The van der Waals surface area contributed by atoms with E-state index in [0.717, 1.165) is 12.8 Å². The summed E-state index contributed by atoms with van der Waals surface area (Å²) in [4.78, 5) is 11.8. The van der Waals surface area contributed by atoms with Crippen molar-refractivity contribution in [1.82, 2.24) is 0 Å². The first-order chi connectivity index (χ1) is 12.1. The number of hydrogen-bond acceptors (Lipinski definition) is 5. The summed E-state index contributed by atoms with van der Waals surface area (Å²) in [6, 6.07) is 15.9. The zero-order valence-electron chi connectivity index (χ0n) is 14.4. The number of nitrogens with zero attached hydrogens (tertiary/aromatic N) is 1. The minimum absolute atomic E-state index is 0.369. The third kappa shape index (κ3) is 5.85. The topological polar surface area (TPSA) is 68.6 Å². The average molecular weight is 339 g/mol. The first kappa shape index (κ1) is 18.3. The summed E-state index contributed by atoms with van der Waals surface area (Å²) in [5.74, 6) is 1.47. The molecule has 0 bridgehead atoms. The van der Waals surface area contributed by atoms with Gasteiger partial charge in [-0.1, -0.05) is 13.3 Å². The van der Waals surface area contributed by atoms with E-state index in [9.17, 15) is 4.79 Å². The van der Waals surface area contributed by atoms with Gasteiger partial charge in [-0.05, 0) is 61.9 Å². The molecule has 0 amide bonds. The minimum atomic E-state index is -0.665. The summed E-state index contributed by atoms with van der Waals surface area (Å²) in [7, 11) is 0. The summed E-state index contributed by atoms with van der Waals surface area (Å²) >= 11 is 0. The van der Waals surface area contributed by atoms with Crippen molar-refractivity contribution < 1.29 is 19.0 Å². The van der Waals surface area contributed by atoms with Crippen LogP contribution in [0.25, 0.3) is 0 Å². The SMILES string of the molecule is CCCCOC(=O)C(C)Oc1ccc(Oc2ccc(C#N)cc2)cc1. The lowest BCUT2D eigenvalue weighted by atomic mass is 10.2. The maximum Gasteiger partial charge on any atom is 0.347 e. The second-order valence-corrected chi connectivity index (χ2v) is 5.49. The molecule has 1 atom stereocenters. The van der Waals surface area contributed by atoms with E-state index in [1.54, 1.807) is 55.5 Å². The van der Waals surface area contributed by atoms with Crippen LogP contribution in [0.15, 0.2) is 48.5 Å². The van der Waals surface area contributed by atoms with Gasteiger partial charge in [-0.3, -0.25) is 0 Å². The number of ether oxygens (including phenoxy) is 3. The van der Waals surface area contributed by atoms with E-state index in [4.69, 9.17) is 19.5 Å². The fourth-order valence-corrected chi connectivity index (χ4v) is 2.01. The van der Waals surface area contributed by atoms with Crippen molar-refractivity contribution >= 4 is 5.97 Å². The Bertz CT molecular complexity index is 717. The van der Waals surface area contributed by atoms with Crippen molar-refractivity contribution in [2.75, 3.05) is 6.61 Å². The van der Waals surface area contributed by atoms with Gasteiger partial charge in [0, 0.05) is 0 Å². The second kappa shape index (κ2) is 9.33. The molecule has 2 aromatic rings. The minimum Gasteiger partial charge on any atom is -0.479 e. The van der Waals surface area contributed by atoms with Crippen molar-refractivity contribution in [2.24, 2.45) is 0 Å². The molecule has 1 unspecified atom stereocenters. The number of nitriles is 1. The van der Waals surface area contributed by atoms with Crippen LogP contribution in [0.1, 0.15) is 32.3 Å². The highest BCUT2D eigenvalue weighted by Crippen LogP contribution is 2.24. The second-order valence-electron chi connectivity index (χ2n) is 5.49. The van der Waals surface area contributed by atoms with Crippen LogP contribution in [-0.2, 0) is 9.53 Å². The summed E-state index contributed by atoms with van der Waals surface area (Å²) in [6.45, 7) is 4.12. The van der Waals surface area contributed by atoms with E-state index in [2.05, 4.69) is 6.07 Å². The number of rotatable bonds is 8. The fourth-order valence-electron chi connectivity index (χ4n) is 2.01. The molecule has 25 heavy (non-hydrogen) atoms. The molecule has 0 heterocycles. The van der Waals surface area contributed by atoms with Crippen molar-refractivity contribution in [3.63, 3.8) is 0 Å². The molecular weight excluding hydrogens is 318 g/mol. The number of carbonyl (C=O) groups is 1. The molecule has 5 heteroatoms. The Morgan fingerprint density at radius 3 is 2.16 bits per heavy atom. The number of unbranched alkanes of at least 4 members (excludes halogenated alkanes) is 1. The van der Waals surface area contributed by atoms with Gasteiger partial charge in [-0.15, -0.1) is 0 Å². The van der Waals surface area contributed by atoms with Gasteiger partial charge >= 0.3 is 5.97 Å². The summed E-state index contributed by atoms with van der Waals surface area (Å²) in [6.07, 6.45) is 1.16. The van der Waals surface area contributed by atoms with Crippen LogP contribution in [0, 0.1) is 11.3 Å². The van der Waals surface area contributed by atoms with Crippen LogP contribution in [0.4, 0.5) is 0 Å². The van der Waals surface area contributed by atoms with Gasteiger partial charge in [0.05, 0.1) is 18.2 Å². The predicted octanol–water partition coefficient (Wildman–Crippen LogP) is 4.46. The van der Waals surface area contributed by atoms with Gasteiger partial charge in [0.15, 0.2) is 6.10 Å². The molecule has 2 aromatic carbocycles. The zero-order chi connectivity index (χ0) is 18.1. The molecule has 5 nitrogen and oxygen atoms in total. The van der Waals surface area contributed by atoms with Crippen molar-refractivity contribution in [1.29, 1.82) is 5.26 Å². The van der Waals surface area contributed by atoms with Crippen molar-refractivity contribution in [2.45, 2.75) is 32.8 Å². The zero-order valence-corrected chi connectivity index (χ0v) is 14.4. The van der Waals surface area contributed by atoms with E-state index < -0.39 is 6.10 Å². The molecular formula is C20H21NO4. The summed E-state index contributed by atoms with van der Waals surface area (Å²) in [5.41, 5.74) is 0.580. The van der Waals surface area contributed by atoms with Crippen LogP contribution in [-0.4, -0.2) is 18.7 Å². The smallest absolute Gasteiger partial charge is 0.347 e. The molecule has 2 rings (SSSR count). The lowest BCUT2D eigenvalue weighted by Gasteiger charge is -2.14. The quantitative estimate of drug-likeness (QED) is 0.524. The van der Waals surface area contributed by atoms with Crippen molar-refractivity contribution in [3.8, 4) is 23.3 Å². The Morgan fingerprint density at radius 1 is 1.04 bits per heavy atom. The van der Waals surface area contributed by atoms with Gasteiger partial charge in [-0.2, -0.15) is 5.26 Å². The van der Waals surface area contributed by atoms with E-state index in [0.29, 0.717) is 29.4 Å². The van der Waals surface area contributed by atoms with Crippen LogP contribution in [0.2, 0.25) is 0 Å². The highest BCUT2D eigenvalue weighted by molar-refractivity contribution is 5.74.